The van der Waals surface area contributed by atoms with Gasteiger partial charge in [0.25, 0.3) is 0 Å². The Balaban J connectivity index is 1.49. The Morgan fingerprint density at radius 3 is 2.74 bits per heavy atom. The third kappa shape index (κ3) is 3.30. The average Bonchev–Trinajstić information content (AvgIpc) is 3.11. The highest BCUT2D eigenvalue weighted by Gasteiger charge is 2.21. The summed E-state index contributed by atoms with van der Waals surface area (Å²) in [6, 6.07) is 14.5. The van der Waals surface area contributed by atoms with Crippen molar-refractivity contribution in [2.24, 2.45) is 5.10 Å². The molecule has 27 heavy (non-hydrogen) atoms. The number of thioether (sulfide) groups is 1. The smallest absolute Gasteiger partial charge is 0.191 e. The van der Waals surface area contributed by atoms with Crippen LogP contribution in [0.4, 0.5) is 0 Å². The number of fused-ring (bicyclic) bond motifs is 2. The second-order valence-corrected chi connectivity index (χ2v) is 8.37. The van der Waals surface area contributed by atoms with E-state index in [0.717, 1.165) is 39.5 Å². The van der Waals surface area contributed by atoms with Gasteiger partial charge in [-0.05, 0) is 60.1 Å². The van der Waals surface area contributed by atoms with Crippen LogP contribution in [-0.2, 0) is 19.3 Å². The monoisotopic (exact) mass is 394 g/mol. The van der Waals surface area contributed by atoms with Gasteiger partial charge in [-0.1, -0.05) is 53.7 Å². The number of halogens is 1. The number of hydrogen-bond acceptors (Lipinski definition) is 4. The van der Waals surface area contributed by atoms with Crippen molar-refractivity contribution in [2.75, 3.05) is 5.75 Å². The molecule has 2 heterocycles. The van der Waals surface area contributed by atoms with Crippen molar-refractivity contribution in [1.29, 1.82) is 0 Å². The molecule has 2 aliphatic rings. The fourth-order valence-electron chi connectivity index (χ4n) is 3.86. The maximum Gasteiger partial charge on any atom is 0.212 e. The number of aromatic nitrogens is 3. The van der Waals surface area contributed by atoms with Gasteiger partial charge in [0, 0.05) is 17.2 Å². The molecule has 0 unspecified atom stereocenters. The first kappa shape index (κ1) is 17.0. The van der Waals surface area contributed by atoms with Gasteiger partial charge in [-0.3, -0.25) is 0 Å². The molecule has 1 aliphatic heterocycles. The minimum atomic E-state index is 0.738. The van der Waals surface area contributed by atoms with Gasteiger partial charge < -0.3 is 0 Å². The molecule has 6 heteroatoms. The SMILES string of the molecule is Clc1ccc(C2=Nn3c(Cc4cccc5c4CCCC5)nnc3SC2)cc1. The summed E-state index contributed by atoms with van der Waals surface area (Å²) in [5.41, 5.74) is 6.49. The zero-order chi connectivity index (χ0) is 18.2. The molecule has 136 valence electrons. The lowest BCUT2D eigenvalue weighted by molar-refractivity contribution is 0.674. The van der Waals surface area contributed by atoms with Crippen molar-refractivity contribution in [1.82, 2.24) is 14.9 Å². The van der Waals surface area contributed by atoms with Crippen LogP contribution < -0.4 is 0 Å². The van der Waals surface area contributed by atoms with Gasteiger partial charge in [0.2, 0.25) is 5.16 Å². The minimum absolute atomic E-state index is 0.738. The zero-order valence-electron chi connectivity index (χ0n) is 14.9. The Morgan fingerprint density at radius 2 is 1.85 bits per heavy atom. The third-order valence-corrected chi connectivity index (χ3v) is 6.44. The van der Waals surface area contributed by atoms with E-state index in [9.17, 15) is 0 Å². The Morgan fingerprint density at radius 1 is 1.00 bits per heavy atom. The van der Waals surface area contributed by atoms with Gasteiger partial charge in [-0.15, -0.1) is 10.2 Å². The number of aryl methyl sites for hydroxylation is 1. The first-order valence-electron chi connectivity index (χ1n) is 9.28. The van der Waals surface area contributed by atoms with Gasteiger partial charge in [-0.2, -0.15) is 9.78 Å². The summed E-state index contributed by atoms with van der Waals surface area (Å²) in [5.74, 6) is 1.70. The highest BCUT2D eigenvalue weighted by Crippen LogP contribution is 2.28. The normalized spacial score (nSPS) is 15.8. The van der Waals surface area contributed by atoms with E-state index in [1.807, 2.05) is 28.9 Å². The van der Waals surface area contributed by atoms with E-state index in [1.165, 1.54) is 42.4 Å². The topological polar surface area (TPSA) is 43.1 Å². The van der Waals surface area contributed by atoms with Gasteiger partial charge in [0.15, 0.2) is 5.82 Å². The predicted molar refractivity (Wildman–Crippen MR) is 110 cm³/mol. The van der Waals surface area contributed by atoms with E-state index in [0.29, 0.717) is 0 Å². The van der Waals surface area contributed by atoms with E-state index >= 15 is 0 Å². The molecule has 1 aromatic heterocycles. The highest BCUT2D eigenvalue weighted by atomic mass is 35.5. The van der Waals surface area contributed by atoms with Crippen molar-refractivity contribution < 1.29 is 0 Å². The van der Waals surface area contributed by atoms with Crippen molar-refractivity contribution in [3.8, 4) is 0 Å². The molecular formula is C21H19ClN4S. The van der Waals surface area contributed by atoms with Crippen molar-refractivity contribution in [3.05, 3.63) is 75.6 Å². The molecular weight excluding hydrogens is 376 g/mol. The molecule has 0 saturated heterocycles. The fraction of sp³-hybridized carbons (Fsp3) is 0.286. The van der Waals surface area contributed by atoms with Gasteiger partial charge >= 0.3 is 0 Å². The Labute approximate surface area is 167 Å². The van der Waals surface area contributed by atoms with Crippen LogP contribution >= 0.6 is 23.4 Å². The highest BCUT2D eigenvalue weighted by molar-refractivity contribution is 7.99. The van der Waals surface area contributed by atoms with Gasteiger partial charge in [0.1, 0.15) is 0 Å². The van der Waals surface area contributed by atoms with Gasteiger partial charge in [0.05, 0.1) is 5.71 Å². The first-order valence-corrected chi connectivity index (χ1v) is 10.6. The van der Waals surface area contributed by atoms with Crippen LogP contribution in [0.25, 0.3) is 0 Å². The van der Waals surface area contributed by atoms with Crippen LogP contribution in [0.5, 0.6) is 0 Å². The summed E-state index contributed by atoms with van der Waals surface area (Å²) in [6.45, 7) is 0. The fourth-order valence-corrected chi connectivity index (χ4v) is 4.84. The van der Waals surface area contributed by atoms with Crippen molar-refractivity contribution in [2.45, 2.75) is 37.3 Å². The second-order valence-electron chi connectivity index (χ2n) is 6.99. The van der Waals surface area contributed by atoms with Crippen LogP contribution in [0.15, 0.2) is 52.7 Å². The van der Waals surface area contributed by atoms with E-state index in [1.54, 1.807) is 11.8 Å². The summed E-state index contributed by atoms with van der Waals surface area (Å²) in [4.78, 5) is 0. The third-order valence-electron chi connectivity index (χ3n) is 5.25. The van der Waals surface area contributed by atoms with Crippen LogP contribution in [0.1, 0.15) is 40.9 Å². The molecule has 0 saturated carbocycles. The lowest BCUT2D eigenvalue weighted by atomic mass is 9.87. The number of benzene rings is 2. The molecule has 0 amide bonds. The predicted octanol–water partition coefficient (Wildman–Crippen LogP) is 4.76. The maximum atomic E-state index is 6.02. The molecule has 4 nitrogen and oxygen atoms in total. The van der Waals surface area contributed by atoms with E-state index in [-0.39, 0.29) is 0 Å². The number of rotatable bonds is 3. The largest absolute Gasteiger partial charge is 0.212 e. The summed E-state index contributed by atoms with van der Waals surface area (Å²) in [5, 5.41) is 15.3. The lowest BCUT2D eigenvalue weighted by Gasteiger charge is -2.19. The maximum absolute atomic E-state index is 6.02. The quantitative estimate of drug-likeness (QED) is 0.643. The average molecular weight is 395 g/mol. The lowest BCUT2D eigenvalue weighted by Crippen LogP contribution is -2.15. The molecule has 5 rings (SSSR count). The molecule has 3 aromatic rings. The van der Waals surface area contributed by atoms with Crippen LogP contribution in [-0.4, -0.2) is 26.3 Å². The van der Waals surface area contributed by atoms with E-state index in [4.69, 9.17) is 16.7 Å². The van der Waals surface area contributed by atoms with Crippen molar-refractivity contribution in [3.63, 3.8) is 0 Å². The Bertz CT molecular complexity index is 1020. The van der Waals surface area contributed by atoms with Crippen LogP contribution in [0.3, 0.4) is 0 Å². The summed E-state index contributed by atoms with van der Waals surface area (Å²) in [7, 11) is 0. The van der Waals surface area contributed by atoms with Crippen LogP contribution in [0.2, 0.25) is 5.02 Å². The molecule has 0 spiro atoms. The molecule has 0 N–H and O–H groups in total. The summed E-state index contributed by atoms with van der Waals surface area (Å²) in [6.07, 6.45) is 5.70. The second kappa shape index (κ2) is 7.13. The van der Waals surface area contributed by atoms with Crippen molar-refractivity contribution >= 4 is 29.1 Å². The Kier molecular flexibility index (Phi) is 4.50. The Hall–Kier alpha value is -2.11. The number of nitrogens with zero attached hydrogens (tertiary/aromatic N) is 4. The molecule has 0 radical (unpaired) electrons. The summed E-state index contributed by atoms with van der Waals surface area (Å²) >= 11 is 7.70. The van der Waals surface area contributed by atoms with E-state index in [2.05, 4.69) is 28.4 Å². The zero-order valence-corrected chi connectivity index (χ0v) is 16.4. The molecule has 0 bridgehead atoms. The molecule has 2 aromatic carbocycles. The first-order chi connectivity index (χ1) is 13.3. The minimum Gasteiger partial charge on any atom is -0.191 e. The van der Waals surface area contributed by atoms with Crippen LogP contribution in [0, 0.1) is 0 Å². The van der Waals surface area contributed by atoms with E-state index < -0.39 is 0 Å². The molecule has 0 atom stereocenters. The molecule has 1 aliphatic carbocycles. The summed E-state index contributed by atoms with van der Waals surface area (Å²) < 4.78 is 1.92. The standard InChI is InChI=1S/C21H19ClN4S/c22-17-10-8-15(9-11-17)19-13-27-21-24-23-20(26(21)25-19)12-16-6-3-5-14-4-1-2-7-18(14)16/h3,5-6,8-11H,1-2,4,7,12-13H2. The number of hydrogen-bond donors (Lipinski definition) is 0. The van der Waals surface area contributed by atoms with Gasteiger partial charge in [-0.25, -0.2) is 0 Å². The molecule has 0 fully saturated rings.